The summed E-state index contributed by atoms with van der Waals surface area (Å²) in [6, 6.07) is 52.6. The Labute approximate surface area is 270 Å². The van der Waals surface area contributed by atoms with E-state index in [-0.39, 0.29) is 0 Å². The smallest absolute Gasteiger partial charge is 0.164 e. The van der Waals surface area contributed by atoms with Gasteiger partial charge in [0.05, 0.1) is 0 Å². The SMILES string of the molecule is c1ccc(-c2cc(-c3nc(-c4ccccc4)nc(-c4cc5c6c(cccc6c4)-c4ccccc4-5)n3)c3c(c2)oc2ccccc23)cc1. The second kappa shape index (κ2) is 10.1. The summed E-state index contributed by atoms with van der Waals surface area (Å²) < 4.78 is 6.45. The van der Waals surface area contributed by atoms with E-state index in [2.05, 4.69) is 109 Å². The quantitative estimate of drug-likeness (QED) is 0.202. The minimum atomic E-state index is 0.605. The summed E-state index contributed by atoms with van der Waals surface area (Å²) in [5.74, 6) is 1.86. The Morgan fingerprint density at radius 1 is 0.340 bits per heavy atom. The van der Waals surface area contributed by atoms with Crippen LogP contribution >= 0.6 is 0 Å². The second-order valence-electron chi connectivity index (χ2n) is 12.0. The molecule has 47 heavy (non-hydrogen) atoms. The Morgan fingerprint density at radius 3 is 1.77 bits per heavy atom. The Kier molecular flexibility index (Phi) is 5.54. The molecule has 0 saturated heterocycles. The van der Waals surface area contributed by atoms with Crippen molar-refractivity contribution in [3.8, 4) is 67.5 Å². The van der Waals surface area contributed by atoms with Gasteiger partial charge in [-0.25, -0.2) is 15.0 Å². The van der Waals surface area contributed by atoms with Crippen molar-refractivity contribution < 1.29 is 4.42 Å². The molecule has 0 aliphatic heterocycles. The molecule has 9 aromatic rings. The van der Waals surface area contributed by atoms with Gasteiger partial charge < -0.3 is 4.42 Å². The first-order chi connectivity index (χ1) is 23.3. The number of rotatable bonds is 4. The molecule has 0 N–H and O–H groups in total. The maximum atomic E-state index is 6.45. The lowest BCUT2D eigenvalue weighted by molar-refractivity contribution is 0.669. The summed E-state index contributed by atoms with van der Waals surface area (Å²) in [6.45, 7) is 0. The van der Waals surface area contributed by atoms with Crippen LogP contribution in [0.5, 0.6) is 0 Å². The molecule has 4 nitrogen and oxygen atoms in total. The van der Waals surface area contributed by atoms with Gasteiger partial charge in [0.2, 0.25) is 0 Å². The molecule has 1 aliphatic rings. The van der Waals surface area contributed by atoms with Crippen LogP contribution in [0, 0.1) is 0 Å². The Balaban J connectivity index is 1.27. The fourth-order valence-corrected chi connectivity index (χ4v) is 7.12. The number of fused-ring (bicyclic) bond motifs is 6. The van der Waals surface area contributed by atoms with Gasteiger partial charge in [0.15, 0.2) is 17.5 Å². The Morgan fingerprint density at radius 2 is 0.957 bits per heavy atom. The van der Waals surface area contributed by atoms with Crippen LogP contribution in [-0.2, 0) is 0 Å². The summed E-state index contributed by atoms with van der Waals surface area (Å²) in [6.07, 6.45) is 0. The largest absolute Gasteiger partial charge is 0.456 e. The number of nitrogens with zero attached hydrogens (tertiary/aromatic N) is 3. The lowest BCUT2D eigenvalue weighted by Gasteiger charge is -2.12. The van der Waals surface area contributed by atoms with Crippen LogP contribution in [0.25, 0.3) is 100 Å². The highest BCUT2D eigenvalue weighted by atomic mass is 16.3. The predicted molar refractivity (Wildman–Crippen MR) is 191 cm³/mol. The van der Waals surface area contributed by atoms with Gasteiger partial charge in [-0.2, -0.15) is 0 Å². The van der Waals surface area contributed by atoms with E-state index in [1.165, 1.54) is 33.0 Å². The van der Waals surface area contributed by atoms with Crippen LogP contribution in [-0.4, -0.2) is 15.0 Å². The zero-order chi connectivity index (χ0) is 30.9. The average Bonchev–Trinajstić information content (AvgIpc) is 3.68. The van der Waals surface area contributed by atoms with Gasteiger partial charge in [-0.1, -0.05) is 121 Å². The van der Waals surface area contributed by atoms with Crippen LogP contribution in [0.15, 0.2) is 156 Å². The van der Waals surface area contributed by atoms with E-state index in [9.17, 15) is 0 Å². The molecule has 10 rings (SSSR count). The molecule has 218 valence electrons. The molecule has 0 atom stereocenters. The first-order valence-corrected chi connectivity index (χ1v) is 15.8. The highest BCUT2D eigenvalue weighted by Gasteiger charge is 2.24. The third-order valence-corrected chi connectivity index (χ3v) is 9.24. The number of hydrogen-bond donors (Lipinski definition) is 0. The lowest BCUT2D eigenvalue weighted by Crippen LogP contribution is -2.01. The third-order valence-electron chi connectivity index (χ3n) is 9.24. The normalized spacial score (nSPS) is 11.8. The van der Waals surface area contributed by atoms with Crippen molar-refractivity contribution in [2.24, 2.45) is 0 Å². The Bertz CT molecular complexity index is 2680. The highest BCUT2D eigenvalue weighted by Crippen LogP contribution is 2.48. The fourth-order valence-electron chi connectivity index (χ4n) is 7.12. The second-order valence-corrected chi connectivity index (χ2v) is 12.0. The molecule has 0 fully saturated rings. The van der Waals surface area contributed by atoms with Crippen molar-refractivity contribution in [3.05, 3.63) is 152 Å². The molecule has 0 bridgehead atoms. The number of aromatic nitrogens is 3. The van der Waals surface area contributed by atoms with Gasteiger partial charge in [0.25, 0.3) is 0 Å². The van der Waals surface area contributed by atoms with Crippen molar-refractivity contribution in [2.45, 2.75) is 0 Å². The van der Waals surface area contributed by atoms with E-state index >= 15 is 0 Å². The van der Waals surface area contributed by atoms with E-state index in [4.69, 9.17) is 19.4 Å². The number of para-hydroxylation sites is 1. The molecule has 7 aromatic carbocycles. The lowest BCUT2D eigenvalue weighted by atomic mass is 9.98. The van der Waals surface area contributed by atoms with Crippen molar-refractivity contribution in [1.82, 2.24) is 15.0 Å². The molecular formula is C43H25N3O. The molecule has 2 heterocycles. The van der Waals surface area contributed by atoms with E-state index in [1.807, 2.05) is 42.5 Å². The minimum Gasteiger partial charge on any atom is -0.456 e. The van der Waals surface area contributed by atoms with Crippen molar-refractivity contribution in [2.75, 3.05) is 0 Å². The van der Waals surface area contributed by atoms with Crippen molar-refractivity contribution >= 4 is 32.7 Å². The summed E-state index contributed by atoms with van der Waals surface area (Å²) in [7, 11) is 0. The maximum Gasteiger partial charge on any atom is 0.164 e. The molecule has 0 saturated carbocycles. The van der Waals surface area contributed by atoms with Crippen LogP contribution in [0.1, 0.15) is 0 Å². The third kappa shape index (κ3) is 4.05. The summed E-state index contributed by atoms with van der Waals surface area (Å²) >= 11 is 0. The van der Waals surface area contributed by atoms with Crippen LogP contribution in [0.4, 0.5) is 0 Å². The van der Waals surface area contributed by atoms with Gasteiger partial charge in [0, 0.05) is 27.5 Å². The number of furan rings is 1. The van der Waals surface area contributed by atoms with Crippen LogP contribution < -0.4 is 0 Å². The van der Waals surface area contributed by atoms with E-state index in [0.717, 1.165) is 49.8 Å². The maximum absolute atomic E-state index is 6.45. The molecule has 0 amide bonds. The molecule has 4 heteroatoms. The van der Waals surface area contributed by atoms with E-state index in [0.29, 0.717) is 17.5 Å². The molecule has 1 aliphatic carbocycles. The van der Waals surface area contributed by atoms with Gasteiger partial charge in [-0.05, 0) is 74.5 Å². The predicted octanol–water partition coefficient (Wildman–Crippen LogP) is 11.2. The zero-order valence-electron chi connectivity index (χ0n) is 25.2. The van der Waals surface area contributed by atoms with Crippen molar-refractivity contribution in [1.29, 1.82) is 0 Å². The molecule has 0 spiro atoms. The Hall–Kier alpha value is -6.39. The number of hydrogen-bond acceptors (Lipinski definition) is 4. The van der Waals surface area contributed by atoms with Gasteiger partial charge in [0.1, 0.15) is 11.2 Å². The number of benzene rings is 7. The molecule has 2 aromatic heterocycles. The molecule has 0 radical (unpaired) electrons. The first-order valence-electron chi connectivity index (χ1n) is 15.8. The minimum absolute atomic E-state index is 0.605. The van der Waals surface area contributed by atoms with Gasteiger partial charge >= 0.3 is 0 Å². The van der Waals surface area contributed by atoms with E-state index < -0.39 is 0 Å². The summed E-state index contributed by atoms with van der Waals surface area (Å²) in [5, 5.41) is 4.47. The highest BCUT2D eigenvalue weighted by molar-refractivity contribution is 6.16. The molecular weight excluding hydrogens is 574 g/mol. The molecule has 0 unspecified atom stereocenters. The topological polar surface area (TPSA) is 51.8 Å². The average molecular weight is 600 g/mol. The monoisotopic (exact) mass is 599 g/mol. The first kappa shape index (κ1) is 25.9. The fraction of sp³-hybridized carbons (Fsp3) is 0. The van der Waals surface area contributed by atoms with Gasteiger partial charge in [-0.15, -0.1) is 0 Å². The van der Waals surface area contributed by atoms with Gasteiger partial charge in [-0.3, -0.25) is 0 Å². The summed E-state index contributed by atoms with van der Waals surface area (Å²) in [4.78, 5) is 15.5. The standard InChI is InChI=1S/C43H25N3O/c1-3-12-26(13-4-1)29-23-36(40-34-19-9-10-21-37(34)47-38(40)25-29)43-45-41(27-14-5-2-6-15-27)44-42(46-43)30-22-28-16-11-20-33-31-17-7-8-18-32(31)35(24-30)39(28)33/h1-25H. The van der Waals surface area contributed by atoms with Crippen LogP contribution in [0.2, 0.25) is 0 Å². The zero-order valence-corrected chi connectivity index (χ0v) is 25.2. The van der Waals surface area contributed by atoms with E-state index in [1.54, 1.807) is 0 Å². The summed E-state index contributed by atoms with van der Waals surface area (Å²) in [5.41, 5.74) is 11.5. The van der Waals surface area contributed by atoms with Crippen LogP contribution in [0.3, 0.4) is 0 Å². The van der Waals surface area contributed by atoms with Crippen molar-refractivity contribution in [3.63, 3.8) is 0 Å².